The van der Waals surface area contributed by atoms with E-state index in [1.165, 1.54) is 38.3 Å². The SMILES string of the molecule is COC(=O)C1=C(C)NC(=O)N(C(N)=O)C1c1ccc(O)cc1. The van der Waals surface area contributed by atoms with Crippen molar-refractivity contribution in [2.75, 3.05) is 7.11 Å². The highest BCUT2D eigenvalue weighted by molar-refractivity contribution is 6.01. The fraction of sp³-hybridized carbons (Fsp3) is 0.214. The van der Waals surface area contributed by atoms with E-state index in [1.54, 1.807) is 0 Å². The van der Waals surface area contributed by atoms with E-state index >= 15 is 0 Å². The molecular weight excluding hydrogens is 290 g/mol. The number of methoxy groups -OCH3 is 1. The Kier molecular flexibility index (Phi) is 4.02. The molecule has 1 unspecified atom stereocenters. The molecule has 8 nitrogen and oxygen atoms in total. The predicted molar refractivity (Wildman–Crippen MR) is 75.5 cm³/mol. The summed E-state index contributed by atoms with van der Waals surface area (Å²) in [5.74, 6) is -0.684. The van der Waals surface area contributed by atoms with Crippen molar-refractivity contribution in [3.63, 3.8) is 0 Å². The lowest BCUT2D eigenvalue weighted by atomic mass is 9.94. The molecule has 1 atom stereocenters. The zero-order chi connectivity index (χ0) is 16.4. The molecule has 0 aromatic heterocycles. The van der Waals surface area contributed by atoms with Crippen molar-refractivity contribution in [2.24, 2.45) is 5.73 Å². The Labute approximate surface area is 126 Å². The van der Waals surface area contributed by atoms with Crippen LogP contribution in [0.3, 0.4) is 0 Å². The minimum Gasteiger partial charge on any atom is -0.508 e. The third-order valence-electron chi connectivity index (χ3n) is 3.30. The monoisotopic (exact) mass is 305 g/mol. The van der Waals surface area contributed by atoms with Crippen molar-refractivity contribution in [1.29, 1.82) is 0 Å². The van der Waals surface area contributed by atoms with Crippen LogP contribution in [0.5, 0.6) is 5.75 Å². The van der Waals surface area contributed by atoms with E-state index in [2.05, 4.69) is 5.32 Å². The molecule has 0 saturated heterocycles. The smallest absolute Gasteiger partial charge is 0.337 e. The lowest BCUT2D eigenvalue weighted by molar-refractivity contribution is -0.136. The van der Waals surface area contributed by atoms with Crippen LogP contribution in [0.2, 0.25) is 0 Å². The standard InChI is InChI=1S/C14H15N3O5/c1-7-10(12(19)22-2)11(8-3-5-9(18)6-4-8)17(13(15)20)14(21)16-7/h3-6,11,18H,1-2H3,(H2,15,20)(H,16,21). The Hall–Kier alpha value is -3.03. The van der Waals surface area contributed by atoms with Gasteiger partial charge in [-0.3, -0.25) is 0 Å². The molecule has 0 fully saturated rings. The molecule has 116 valence electrons. The number of nitrogens with two attached hydrogens (primary N) is 1. The molecule has 1 aliphatic heterocycles. The van der Waals surface area contributed by atoms with Crippen molar-refractivity contribution < 1.29 is 24.2 Å². The third-order valence-corrected chi connectivity index (χ3v) is 3.30. The predicted octanol–water partition coefficient (Wildman–Crippen LogP) is 0.984. The molecule has 0 aliphatic carbocycles. The summed E-state index contributed by atoms with van der Waals surface area (Å²) in [6, 6.07) is 2.96. The van der Waals surface area contributed by atoms with E-state index in [-0.39, 0.29) is 17.0 Å². The van der Waals surface area contributed by atoms with Crippen molar-refractivity contribution in [3.05, 3.63) is 41.1 Å². The number of hydrogen-bond donors (Lipinski definition) is 3. The molecule has 22 heavy (non-hydrogen) atoms. The number of nitrogens with zero attached hydrogens (tertiary/aromatic N) is 1. The van der Waals surface area contributed by atoms with Crippen LogP contribution in [-0.4, -0.2) is 35.1 Å². The number of allylic oxidation sites excluding steroid dienone is 1. The number of imide groups is 1. The van der Waals surface area contributed by atoms with E-state index in [4.69, 9.17) is 10.5 Å². The minimum absolute atomic E-state index is 0.00922. The lowest BCUT2D eigenvalue weighted by Gasteiger charge is -2.35. The molecule has 8 heteroatoms. The van der Waals surface area contributed by atoms with Gasteiger partial charge in [-0.2, -0.15) is 0 Å². The molecule has 0 bridgehead atoms. The van der Waals surface area contributed by atoms with Gasteiger partial charge in [-0.1, -0.05) is 12.1 Å². The normalized spacial score (nSPS) is 18.0. The number of carbonyl (C=O) groups excluding carboxylic acids is 3. The number of aromatic hydroxyl groups is 1. The Morgan fingerprint density at radius 1 is 1.32 bits per heavy atom. The number of phenols is 1. The van der Waals surface area contributed by atoms with Crippen molar-refractivity contribution in [2.45, 2.75) is 13.0 Å². The summed E-state index contributed by atoms with van der Waals surface area (Å²) in [5, 5.41) is 11.8. The second-order valence-electron chi connectivity index (χ2n) is 4.66. The van der Waals surface area contributed by atoms with E-state index in [0.717, 1.165) is 4.90 Å². The summed E-state index contributed by atoms with van der Waals surface area (Å²) in [6.07, 6.45) is 0. The molecule has 1 aliphatic rings. The molecule has 1 heterocycles. The number of carbonyl (C=O) groups is 3. The van der Waals surface area contributed by atoms with Crippen LogP contribution >= 0.6 is 0 Å². The second kappa shape index (κ2) is 5.76. The number of nitrogens with one attached hydrogen (secondary N) is 1. The molecule has 4 amide bonds. The molecule has 2 rings (SSSR count). The van der Waals surface area contributed by atoms with Gasteiger partial charge in [0.15, 0.2) is 0 Å². The number of phenolic OH excluding ortho intramolecular Hbond substituents is 1. The number of esters is 1. The second-order valence-corrected chi connectivity index (χ2v) is 4.66. The van der Waals surface area contributed by atoms with Crippen LogP contribution in [0.1, 0.15) is 18.5 Å². The first-order chi connectivity index (χ1) is 10.4. The Morgan fingerprint density at radius 3 is 2.41 bits per heavy atom. The van der Waals surface area contributed by atoms with Gasteiger partial charge in [0.25, 0.3) is 0 Å². The third kappa shape index (κ3) is 2.58. The number of amides is 4. The number of benzene rings is 1. The van der Waals surface area contributed by atoms with Gasteiger partial charge in [0.1, 0.15) is 11.8 Å². The number of primary amides is 1. The van der Waals surface area contributed by atoms with Crippen LogP contribution in [-0.2, 0) is 9.53 Å². The average molecular weight is 305 g/mol. The maximum Gasteiger partial charge on any atom is 0.337 e. The van der Waals surface area contributed by atoms with E-state index in [0.29, 0.717) is 5.56 Å². The van der Waals surface area contributed by atoms with E-state index in [9.17, 15) is 19.5 Å². The highest BCUT2D eigenvalue weighted by Crippen LogP contribution is 2.34. The summed E-state index contributed by atoms with van der Waals surface area (Å²) >= 11 is 0. The number of rotatable bonds is 2. The van der Waals surface area contributed by atoms with Gasteiger partial charge in [-0.05, 0) is 24.6 Å². The van der Waals surface area contributed by atoms with E-state index < -0.39 is 24.1 Å². The first kappa shape index (κ1) is 15.4. The Bertz CT molecular complexity index is 666. The van der Waals surface area contributed by atoms with Crippen LogP contribution in [0.15, 0.2) is 35.5 Å². The zero-order valence-electron chi connectivity index (χ0n) is 12.0. The molecule has 1 aromatic carbocycles. The van der Waals surface area contributed by atoms with Crippen molar-refractivity contribution >= 4 is 18.0 Å². The Balaban J connectivity index is 2.64. The first-order valence-corrected chi connectivity index (χ1v) is 6.34. The van der Waals surface area contributed by atoms with Crippen LogP contribution in [0, 0.1) is 0 Å². The number of ether oxygens (including phenoxy) is 1. The number of urea groups is 2. The maximum absolute atomic E-state index is 12.0. The molecular formula is C14H15N3O5. The van der Waals surface area contributed by atoms with Gasteiger partial charge in [0.2, 0.25) is 0 Å². The summed E-state index contributed by atoms with van der Waals surface area (Å²) < 4.78 is 4.72. The van der Waals surface area contributed by atoms with Gasteiger partial charge in [0, 0.05) is 5.70 Å². The van der Waals surface area contributed by atoms with Gasteiger partial charge >= 0.3 is 18.0 Å². The molecule has 0 radical (unpaired) electrons. The van der Waals surface area contributed by atoms with Crippen molar-refractivity contribution in [1.82, 2.24) is 10.2 Å². The quantitative estimate of drug-likeness (QED) is 0.703. The molecule has 1 aromatic rings. The van der Waals surface area contributed by atoms with Gasteiger partial charge in [0.05, 0.1) is 12.7 Å². The molecule has 0 saturated carbocycles. The van der Waals surface area contributed by atoms with Gasteiger partial charge in [-0.15, -0.1) is 0 Å². The zero-order valence-corrected chi connectivity index (χ0v) is 12.0. The molecule has 4 N–H and O–H groups in total. The maximum atomic E-state index is 12.0. The largest absolute Gasteiger partial charge is 0.508 e. The molecule has 0 spiro atoms. The summed E-state index contributed by atoms with van der Waals surface area (Å²) in [7, 11) is 1.20. The highest BCUT2D eigenvalue weighted by Gasteiger charge is 2.40. The van der Waals surface area contributed by atoms with E-state index in [1.807, 2.05) is 0 Å². The fourth-order valence-electron chi connectivity index (χ4n) is 2.31. The fourth-order valence-corrected chi connectivity index (χ4v) is 2.31. The first-order valence-electron chi connectivity index (χ1n) is 6.34. The van der Waals surface area contributed by atoms with Crippen molar-refractivity contribution in [3.8, 4) is 5.75 Å². The summed E-state index contributed by atoms with van der Waals surface area (Å²) in [4.78, 5) is 36.4. The van der Waals surface area contributed by atoms with Crippen LogP contribution in [0.4, 0.5) is 9.59 Å². The number of hydrogen-bond acceptors (Lipinski definition) is 5. The van der Waals surface area contributed by atoms with Crippen LogP contribution < -0.4 is 11.1 Å². The minimum atomic E-state index is -1.03. The topological polar surface area (TPSA) is 122 Å². The average Bonchev–Trinajstić information content (AvgIpc) is 2.46. The summed E-state index contributed by atoms with van der Waals surface area (Å²) in [5.41, 5.74) is 6.06. The van der Waals surface area contributed by atoms with Gasteiger partial charge < -0.3 is 20.9 Å². The summed E-state index contributed by atoms with van der Waals surface area (Å²) in [6.45, 7) is 1.52. The van der Waals surface area contributed by atoms with Gasteiger partial charge in [-0.25, -0.2) is 19.3 Å². The Morgan fingerprint density at radius 2 is 1.91 bits per heavy atom. The lowest BCUT2D eigenvalue weighted by Crippen LogP contribution is -2.53. The highest BCUT2D eigenvalue weighted by atomic mass is 16.5. The van der Waals surface area contributed by atoms with Crippen LogP contribution in [0.25, 0.3) is 0 Å².